The second kappa shape index (κ2) is 13.0. The third-order valence-electron chi connectivity index (χ3n) is 5.76. The second-order valence-electron chi connectivity index (χ2n) is 8.66. The number of nitrogens with one attached hydrogen (secondary N) is 2. The third kappa shape index (κ3) is 7.60. The summed E-state index contributed by atoms with van der Waals surface area (Å²) < 4.78 is 19.9. The summed E-state index contributed by atoms with van der Waals surface area (Å²) in [6, 6.07) is 22.1. The van der Waals surface area contributed by atoms with Crippen LogP contribution in [0.25, 0.3) is 11.3 Å². The number of amides is 1. The fourth-order valence-electron chi connectivity index (χ4n) is 3.68. The number of hydrogen-bond acceptors (Lipinski definition) is 7. The molecule has 0 aliphatic carbocycles. The average Bonchev–Trinajstić information content (AvgIpc) is 2.95. The zero-order valence-corrected chi connectivity index (χ0v) is 21.1. The Hall–Kier alpha value is -5.32. The molecule has 4 N–H and O–H groups in total. The number of aromatic nitrogens is 2. The van der Waals surface area contributed by atoms with Gasteiger partial charge in [-0.25, -0.2) is 14.2 Å². The Kier molecular flexibility index (Phi) is 8.98. The van der Waals surface area contributed by atoms with E-state index in [9.17, 15) is 23.9 Å². The van der Waals surface area contributed by atoms with Crippen LogP contribution >= 0.6 is 0 Å². The minimum Gasteiger partial charge on any atom is -0.481 e. The average molecular weight is 545 g/mol. The van der Waals surface area contributed by atoms with Crippen molar-refractivity contribution in [1.29, 1.82) is 0 Å². The van der Waals surface area contributed by atoms with Gasteiger partial charge in [-0.3, -0.25) is 9.59 Å². The summed E-state index contributed by atoms with van der Waals surface area (Å²) in [6.07, 6.45) is -0.638. The molecule has 0 saturated carbocycles. The molecular weight excluding hydrogens is 519 g/mol. The number of ether oxygens (including phenoxy) is 1. The molecule has 1 amide bonds. The van der Waals surface area contributed by atoms with E-state index in [2.05, 4.69) is 20.6 Å². The number of aliphatic carboxylic acids is 2. The number of carboxylic acid groups (broad SMARTS) is 2. The van der Waals surface area contributed by atoms with Crippen LogP contribution in [0.5, 0.6) is 5.88 Å². The van der Waals surface area contributed by atoms with Crippen LogP contribution in [0.2, 0.25) is 0 Å². The minimum absolute atomic E-state index is 0.0367. The predicted octanol–water partition coefficient (Wildman–Crippen LogP) is 4.65. The number of nitrogens with zero attached hydrogens (tertiary/aromatic N) is 2. The molecule has 4 rings (SSSR count). The number of carbonyl (C=O) groups excluding carboxylic acids is 1. The highest BCUT2D eigenvalue weighted by molar-refractivity contribution is 5.97. The van der Waals surface area contributed by atoms with Gasteiger partial charge in [0.05, 0.1) is 5.69 Å². The van der Waals surface area contributed by atoms with Crippen LogP contribution in [0.1, 0.15) is 28.8 Å². The number of carbonyl (C=O) groups is 3. The van der Waals surface area contributed by atoms with Gasteiger partial charge in [0.2, 0.25) is 11.8 Å². The van der Waals surface area contributed by atoms with Crippen LogP contribution in [0.3, 0.4) is 0 Å². The lowest BCUT2D eigenvalue weighted by Gasteiger charge is -2.14. The molecule has 0 fully saturated rings. The van der Waals surface area contributed by atoms with E-state index < -0.39 is 30.3 Å². The maximum Gasteiger partial charge on any atom is 0.326 e. The summed E-state index contributed by atoms with van der Waals surface area (Å²) in [6.45, 7) is -0.0367. The molecule has 0 aliphatic rings. The van der Waals surface area contributed by atoms with Gasteiger partial charge in [-0.1, -0.05) is 48.5 Å². The largest absolute Gasteiger partial charge is 0.481 e. The number of halogens is 1. The fourth-order valence-corrected chi connectivity index (χ4v) is 3.68. The molecule has 0 radical (unpaired) electrons. The topological polar surface area (TPSA) is 151 Å². The lowest BCUT2D eigenvalue weighted by Crippen LogP contribution is -2.41. The van der Waals surface area contributed by atoms with Gasteiger partial charge in [0.15, 0.2) is 0 Å². The van der Waals surface area contributed by atoms with Gasteiger partial charge in [0, 0.05) is 34.9 Å². The number of anilines is 2. The Morgan fingerprint density at radius 3 is 2.27 bits per heavy atom. The number of carboxylic acids is 2. The van der Waals surface area contributed by atoms with Gasteiger partial charge in [-0.15, -0.1) is 0 Å². The summed E-state index contributed by atoms with van der Waals surface area (Å²) >= 11 is 0. The molecule has 1 aromatic heterocycles. The van der Waals surface area contributed by atoms with Gasteiger partial charge >= 0.3 is 11.9 Å². The molecule has 1 heterocycles. The summed E-state index contributed by atoms with van der Waals surface area (Å²) in [5.74, 6) is -3.11. The smallest absolute Gasteiger partial charge is 0.326 e. The van der Waals surface area contributed by atoms with Crippen molar-refractivity contribution in [2.45, 2.75) is 25.5 Å². The van der Waals surface area contributed by atoms with Crippen molar-refractivity contribution in [2.24, 2.45) is 0 Å². The zero-order chi connectivity index (χ0) is 28.5. The Balaban J connectivity index is 1.50. The van der Waals surface area contributed by atoms with Crippen LogP contribution in [-0.2, 0) is 16.2 Å². The van der Waals surface area contributed by atoms with Gasteiger partial charge in [0.25, 0.3) is 5.91 Å². The van der Waals surface area contributed by atoms with Crippen molar-refractivity contribution >= 4 is 29.5 Å². The standard InChI is InChI=1S/C29H25FN4O6/c30-22-9-5-4-8-20(22)17-40-25-16-24(18-6-2-1-3-7-18)33-29(34-25)31-21-12-10-19(11-13-21)27(37)32-23(28(38)39)14-15-26(35)36/h1-13,16,23H,14-15,17H2,(H,32,37)(H,35,36)(H,38,39)(H,31,33,34)/t23-/m0/s1. The third-order valence-corrected chi connectivity index (χ3v) is 5.76. The van der Waals surface area contributed by atoms with E-state index in [1.54, 1.807) is 36.4 Å². The maximum absolute atomic E-state index is 14.1. The predicted molar refractivity (Wildman–Crippen MR) is 144 cm³/mol. The van der Waals surface area contributed by atoms with Gasteiger partial charge in [-0.2, -0.15) is 4.98 Å². The normalized spacial score (nSPS) is 11.3. The first kappa shape index (κ1) is 27.7. The van der Waals surface area contributed by atoms with Gasteiger partial charge in [-0.05, 0) is 36.8 Å². The number of benzene rings is 3. The lowest BCUT2D eigenvalue weighted by atomic mass is 10.1. The Morgan fingerprint density at radius 1 is 0.900 bits per heavy atom. The van der Waals surface area contributed by atoms with Crippen LogP contribution < -0.4 is 15.4 Å². The van der Waals surface area contributed by atoms with Crippen LogP contribution in [0.15, 0.2) is 84.9 Å². The van der Waals surface area contributed by atoms with Crippen molar-refractivity contribution < 1.29 is 33.7 Å². The number of rotatable bonds is 12. The van der Waals surface area contributed by atoms with E-state index in [0.717, 1.165) is 5.56 Å². The Labute approximate surface area is 228 Å². The molecule has 4 aromatic rings. The van der Waals surface area contributed by atoms with Crippen molar-refractivity contribution in [3.05, 3.63) is 102 Å². The first-order valence-electron chi connectivity index (χ1n) is 12.2. The summed E-state index contributed by atoms with van der Waals surface area (Å²) in [5, 5.41) is 23.5. The van der Waals surface area contributed by atoms with E-state index >= 15 is 0 Å². The molecule has 0 unspecified atom stereocenters. The van der Waals surface area contributed by atoms with E-state index in [-0.39, 0.29) is 36.2 Å². The molecule has 0 saturated heterocycles. The lowest BCUT2D eigenvalue weighted by molar-refractivity contribution is -0.140. The van der Waals surface area contributed by atoms with Gasteiger partial charge in [0.1, 0.15) is 18.5 Å². The first-order valence-corrected chi connectivity index (χ1v) is 12.2. The van der Waals surface area contributed by atoms with E-state index in [1.165, 1.54) is 18.2 Å². The first-order chi connectivity index (χ1) is 19.3. The quantitative estimate of drug-likeness (QED) is 0.200. The SMILES string of the molecule is O=C(O)CC[C@H](NC(=O)c1ccc(Nc2nc(OCc3ccccc3F)cc(-c3ccccc3)n2)cc1)C(=O)O. The summed E-state index contributed by atoms with van der Waals surface area (Å²) in [7, 11) is 0. The van der Waals surface area contributed by atoms with E-state index in [1.807, 2.05) is 30.3 Å². The molecule has 40 heavy (non-hydrogen) atoms. The molecule has 3 aromatic carbocycles. The molecule has 1 atom stereocenters. The second-order valence-corrected chi connectivity index (χ2v) is 8.66. The minimum atomic E-state index is -1.33. The molecule has 0 bridgehead atoms. The van der Waals surface area contributed by atoms with Crippen LogP contribution in [-0.4, -0.2) is 44.1 Å². The zero-order valence-electron chi connectivity index (χ0n) is 21.1. The summed E-state index contributed by atoms with van der Waals surface area (Å²) in [4.78, 5) is 43.6. The number of hydrogen-bond donors (Lipinski definition) is 4. The molecule has 204 valence electrons. The Morgan fingerprint density at radius 2 is 1.60 bits per heavy atom. The van der Waals surface area contributed by atoms with Crippen molar-refractivity contribution in [2.75, 3.05) is 5.32 Å². The van der Waals surface area contributed by atoms with Gasteiger partial charge < -0.3 is 25.6 Å². The van der Waals surface area contributed by atoms with Crippen LogP contribution in [0.4, 0.5) is 16.0 Å². The highest BCUT2D eigenvalue weighted by atomic mass is 19.1. The molecule has 11 heteroatoms. The highest BCUT2D eigenvalue weighted by Crippen LogP contribution is 2.25. The maximum atomic E-state index is 14.1. The van der Waals surface area contributed by atoms with Crippen molar-refractivity contribution in [1.82, 2.24) is 15.3 Å². The monoisotopic (exact) mass is 544 g/mol. The Bertz CT molecular complexity index is 1500. The fraction of sp³-hybridized carbons (Fsp3) is 0.138. The molecule has 0 aliphatic heterocycles. The molecular formula is C29H25FN4O6. The van der Waals surface area contributed by atoms with Crippen molar-refractivity contribution in [3.63, 3.8) is 0 Å². The molecule has 10 nitrogen and oxygen atoms in total. The van der Waals surface area contributed by atoms with E-state index in [4.69, 9.17) is 9.84 Å². The van der Waals surface area contributed by atoms with Crippen LogP contribution in [0, 0.1) is 5.82 Å². The molecule has 0 spiro atoms. The van der Waals surface area contributed by atoms with Crippen molar-refractivity contribution in [3.8, 4) is 17.1 Å². The highest BCUT2D eigenvalue weighted by Gasteiger charge is 2.21. The van der Waals surface area contributed by atoms with E-state index in [0.29, 0.717) is 16.9 Å². The summed E-state index contributed by atoms with van der Waals surface area (Å²) in [5.41, 5.74) is 2.46.